The SMILES string of the molecule is Cc1nc(CSc2ccccc2C(=O)N2CCC(CN)CC2)cs1. The number of thioether (sulfide) groups is 1. The Morgan fingerprint density at radius 3 is 2.79 bits per heavy atom. The molecule has 1 aromatic heterocycles. The molecule has 0 spiro atoms. The number of aromatic nitrogens is 1. The zero-order valence-electron chi connectivity index (χ0n) is 13.9. The van der Waals surface area contributed by atoms with E-state index in [1.807, 2.05) is 36.1 Å². The Kier molecular flexibility index (Phi) is 5.92. The molecule has 0 radical (unpaired) electrons. The van der Waals surface area contributed by atoms with Crippen LogP contribution < -0.4 is 5.73 Å². The van der Waals surface area contributed by atoms with E-state index in [9.17, 15) is 4.79 Å². The van der Waals surface area contributed by atoms with Gasteiger partial charge in [-0.2, -0.15) is 0 Å². The van der Waals surface area contributed by atoms with Gasteiger partial charge >= 0.3 is 0 Å². The minimum atomic E-state index is 0.142. The van der Waals surface area contributed by atoms with E-state index in [-0.39, 0.29) is 5.91 Å². The second-order valence-corrected chi connectivity index (χ2v) is 8.19. The molecule has 0 unspecified atom stereocenters. The number of rotatable bonds is 5. The first-order valence-electron chi connectivity index (χ1n) is 8.29. The summed E-state index contributed by atoms with van der Waals surface area (Å²) in [5, 5.41) is 3.17. The van der Waals surface area contributed by atoms with Crippen LogP contribution in [0.25, 0.3) is 0 Å². The van der Waals surface area contributed by atoms with Crippen LogP contribution in [0.5, 0.6) is 0 Å². The van der Waals surface area contributed by atoms with Crippen molar-refractivity contribution in [2.75, 3.05) is 19.6 Å². The first-order valence-corrected chi connectivity index (χ1v) is 10.2. The van der Waals surface area contributed by atoms with Crippen LogP contribution in [-0.4, -0.2) is 35.4 Å². The Hall–Kier alpha value is -1.37. The van der Waals surface area contributed by atoms with Crippen molar-refractivity contribution in [2.45, 2.75) is 30.4 Å². The first-order chi connectivity index (χ1) is 11.7. The number of amides is 1. The van der Waals surface area contributed by atoms with Crippen molar-refractivity contribution in [3.05, 3.63) is 45.9 Å². The van der Waals surface area contributed by atoms with Gasteiger partial charge in [0.2, 0.25) is 0 Å². The van der Waals surface area contributed by atoms with Gasteiger partial charge in [0.05, 0.1) is 16.3 Å². The number of nitrogens with zero attached hydrogens (tertiary/aromatic N) is 2. The zero-order valence-corrected chi connectivity index (χ0v) is 15.5. The van der Waals surface area contributed by atoms with Gasteiger partial charge < -0.3 is 10.6 Å². The van der Waals surface area contributed by atoms with E-state index in [4.69, 9.17) is 5.73 Å². The van der Waals surface area contributed by atoms with Crippen molar-refractivity contribution in [3.63, 3.8) is 0 Å². The monoisotopic (exact) mass is 361 g/mol. The Balaban J connectivity index is 1.68. The van der Waals surface area contributed by atoms with E-state index in [1.165, 1.54) is 0 Å². The molecule has 1 aliphatic heterocycles. The summed E-state index contributed by atoms with van der Waals surface area (Å²) in [5.74, 6) is 1.50. The van der Waals surface area contributed by atoms with Crippen LogP contribution in [0, 0.1) is 12.8 Å². The van der Waals surface area contributed by atoms with Crippen LogP contribution in [0.2, 0.25) is 0 Å². The number of likely N-dealkylation sites (tertiary alicyclic amines) is 1. The van der Waals surface area contributed by atoms with Gasteiger partial charge in [-0.25, -0.2) is 4.98 Å². The molecule has 1 amide bonds. The predicted octanol–water partition coefficient (Wildman–Crippen LogP) is 3.55. The highest BCUT2D eigenvalue weighted by Crippen LogP contribution is 2.28. The number of aryl methyl sites for hydroxylation is 1. The van der Waals surface area contributed by atoms with Gasteiger partial charge in [0.1, 0.15) is 0 Å². The van der Waals surface area contributed by atoms with Crippen LogP contribution >= 0.6 is 23.1 Å². The summed E-state index contributed by atoms with van der Waals surface area (Å²) in [5.41, 5.74) is 7.63. The fourth-order valence-corrected chi connectivity index (χ4v) is 4.59. The molecule has 4 nitrogen and oxygen atoms in total. The summed E-state index contributed by atoms with van der Waals surface area (Å²) in [6, 6.07) is 7.90. The second kappa shape index (κ2) is 8.14. The van der Waals surface area contributed by atoms with Crippen molar-refractivity contribution in [2.24, 2.45) is 11.7 Å². The van der Waals surface area contributed by atoms with Gasteiger partial charge in [0.15, 0.2) is 0 Å². The Morgan fingerprint density at radius 1 is 1.38 bits per heavy atom. The molecular weight excluding hydrogens is 338 g/mol. The first kappa shape index (κ1) is 17.5. The van der Waals surface area contributed by atoms with Gasteiger partial charge in [-0.3, -0.25) is 4.79 Å². The van der Waals surface area contributed by atoms with Crippen LogP contribution in [-0.2, 0) is 5.75 Å². The number of carbonyl (C=O) groups excluding carboxylic acids is 1. The van der Waals surface area contributed by atoms with E-state index in [2.05, 4.69) is 10.4 Å². The van der Waals surface area contributed by atoms with Crippen molar-refractivity contribution in [3.8, 4) is 0 Å². The molecule has 0 saturated carbocycles. The van der Waals surface area contributed by atoms with Gasteiger partial charge in [-0.05, 0) is 44.4 Å². The maximum atomic E-state index is 12.9. The zero-order chi connectivity index (χ0) is 16.9. The third-order valence-corrected chi connectivity index (χ3v) is 6.32. The van der Waals surface area contributed by atoms with Crippen LogP contribution in [0.4, 0.5) is 0 Å². The largest absolute Gasteiger partial charge is 0.339 e. The average Bonchev–Trinajstić information content (AvgIpc) is 3.05. The van der Waals surface area contributed by atoms with Crippen molar-refractivity contribution >= 4 is 29.0 Å². The molecule has 0 bridgehead atoms. The molecule has 1 aliphatic rings. The summed E-state index contributed by atoms with van der Waals surface area (Å²) in [6.07, 6.45) is 2.02. The summed E-state index contributed by atoms with van der Waals surface area (Å²) >= 11 is 3.35. The molecule has 24 heavy (non-hydrogen) atoms. The maximum Gasteiger partial charge on any atom is 0.254 e. The number of nitrogens with two attached hydrogens (primary N) is 1. The van der Waals surface area contributed by atoms with Crippen LogP contribution in [0.3, 0.4) is 0 Å². The lowest BCUT2D eigenvalue weighted by molar-refractivity contribution is 0.0690. The number of hydrogen-bond acceptors (Lipinski definition) is 5. The van der Waals surface area contributed by atoms with Gasteiger partial charge in [0, 0.05) is 29.1 Å². The lowest BCUT2D eigenvalue weighted by atomic mass is 9.96. The van der Waals surface area contributed by atoms with Gasteiger partial charge in [-0.1, -0.05) is 12.1 Å². The number of piperidine rings is 1. The van der Waals surface area contributed by atoms with E-state index in [0.717, 1.165) is 59.4 Å². The lowest BCUT2D eigenvalue weighted by Crippen LogP contribution is -2.40. The highest BCUT2D eigenvalue weighted by molar-refractivity contribution is 7.98. The smallest absolute Gasteiger partial charge is 0.254 e. The van der Waals surface area contributed by atoms with E-state index < -0.39 is 0 Å². The quantitative estimate of drug-likeness (QED) is 0.827. The van der Waals surface area contributed by atoms with Crippen molar-refractivity contribution in [1.29, 1.82) is 0 Å². The highest BCUT2D eigenvalue weighted by Gasteiger charge is 2.24. The van der Waals surface area contributed by atoms with Crippen LogP contribution in [0.15, 0.2) is 34.5 Å². The number of benzene rings is 1. The Labute approximate surface area is 151 Å². The third-order valence-electron chi connectivity index (χ3n) is 4.39. The normalized spacial score (nSPS) is 15.7. The average molecular weight is 362 g/mol. The predicted molar refractivity (Wildman–Crippen MR) is 101 cm³/mol. The van der Waals surface area contributed by atoms with E-state index >= 15 is 0 Å². The third kappa shape index (κ3) is 4.18. The van der Waals surface area contributed by atoms with E-state index in [0.29, 0.717) is 5.92 Å². The molecule has 2 aromatic rings. The van der Waals surface area contributed by atoms with Crippen molar-refractivity contribution < 1.29 is 4.79 Å². The lowest BCUT2D eigenvalue weighted by Gasteiger charge is -2.31. The van der Waals surface area contributed by atoms with Crippen LogP contribution in [0.1, 0.15) is 33.9 Å². The van der Waals surface area contributed by atoms with E-state index in [1.54, 1.807) is 23.1 Å². The molecule has 6 heteroatoms. The summed E-state index contributed by atoms with van der Waals surface area (Å²) < 4.78 is 0. The summed E-state index contributed by atoms with van der Waals surface area (Å²) in [4.78, 5) is 20.4. The van der Waals surface area contributed by atoms with Gasteiger partial charge in [0.25, 0.3) is 5.91 Å². The molecule has 1 aromatic carbocycles. The summed E-state index contributed by atoms with van der Waals surface area (Å²) in [7, 11) is 0. The number of hydrogen-bond donors (Lipinski definition) is 1. The topological polar surface area (TPSA) is 59.2 Å². The highest BCUT2D eigenvalue weighted by atomic mass is 32.2. The summed E-state index contributed by atoms with van der Waals surface area (Å²) in [6.45, 7) is 4.36. The molecule has 0 aliphatic carbocycles. The maximum absolute atomic E-state index is 12.9. The molecule has 3 rings (SSSR count). The molecule has 2 N–H and O–H groups in total. The number of carbonyl (C=O) groups is 1. The minimum Gasteiger partial charge on any atom is -0.339 e. The second-order valence-electron chi connectivity index (χ2n) is 6.11. The standard InChI is InChI=1S/C18H23N3OS2/c1-13-20-15(11-23-13)12-24-17-5-3-2-4-16(17)18(22)21-8-6-14(10-19)7-9-21/h2-5,11,14H,6-10,12,19H2,1H3. The van der Waals surface area contributed by atoms with Crippen molar-refractivity contribution in [1.82, 2.24) is 9.88 Å². The fourth-order valence-electron chi connectivity index (χ4n) is 2.94. The molecule has 1 saturated heterocycles. The molecule has 0 atom stereocenters. The molecule has 1 fully saturated rings. The van der Waals surface area contributed by atoms with Gasteiger partial charge in [-0.15, -0.1) is 23.1 Å². The Morgan fingerprint density at radius 2 is 2.12 bits per heavy atom. The molecule has 128 valence electrons. The minimum absolute atomic E-state index is 0.142. The fraction of sp³-hybridized carbons (Fsp3) is 0.444. The number of thiazole rings is 1. The Bertz CT molecular complexity index is 693. The molecular formula is C18H23N3OS2. The molecule has 2 heterocycles.